The zero-order valence-corrected chi connectivity index (χ0v) is 16.9. The van der Waals surface area contributed by atoms with E-state index in [2.05, 4.69) is 15.8 Å². The third kappa shape index (κ3) is 4.10. The maximum atomic E-state index is 12.4. The SMILES string of the molecule is CC(C)(C)S(=O)(=O)NC1CCC(c2[nH]cc(-c3ccccc3)c2C#N)CC1. The molecule has 3 rings (SSSR count). The Balaban J connectivity index is 1.72. The predicted octanol–water partition coefficient (Wildman–Crippen LogP) is 4.30. The number of benzene rings is 1. The lowest BCUT2D eigenvalue weighted by atomic mass is 9.83. The Kier molecular flexibility index (Phi) is 5.45. The number of hydrogen-bond acceptors (Lipinski definition) is 3. The average molecular weight is 386 g/mol. The van der Waals surface area contributed by atoms with Crippen LogP contribution < -0.4 is 4.72 Å². The van der Waals surface area contributed by atoms with Crippen LogP contribution in [0.25, 0.3) is 11.1 Å². The van der Waals surface area contributed by atoms with Crippen molar-refractivity contribution < 1.29 is 8.42 Å². The van der Waals surface area contributed by atoms with Gasteiger partial charge in [0.1, 0.15) is 6.07 Å². The number of rotatable bonds is 4. The first-order valence-electron chi connectivity index (χ1n) is 9.41. The Morgan fingerprint density at radius 3 is 2.30 bits per heavy atom. The van der Waals surface area contributed by atoms with E-state index in [4.69, 9.17) is 0 Å². The standard InChI is InChI=1S/C21H27N3O2S/c1-21(2,3)27(25,26)24-17-11-9-16(10-12-17)20-18(13-22)19(14-23-20)15-7-5-4-6-8-15/h4-8,14,16-17,23-24H,9-12H2,1-3H3. The second-order valence-corrected chi connectivity index (χ2v) is 10.7. The van der Waals surface area contributed by atoms with E-state index in [0.717, 1.165) is 42.5 Å². The summed E-state index contributed by atoms with van der Waals surface area (Å²) < 4.78 is 26.8. The number of sulfonamides is 1. The van der Waals surface area contributed by atoms with Crippen molar-refractivity contribution in [1.29, 1.82) is 5.26 Å². The number of aromatic nitrogens is 1. The van der Waals surface area contributed by atoms with Gasteiger partial charge in [-0.1, -0.05) is 30.3 Å². The minimum atomic E-state index is -3.33. The Bertz CT molecular complexity index is 926. The summed E-state index contributed by atoms with van der Waals surface area (Å²) in [5.41, 5.74) is 3.65. The summed E-state index contributed by atoms with van der Waals surface area (Å²) in [6.07, 6.45) is 5.20. The fourth-order valence-electron chi connectivity index (χ4n) is 3.62. The summed E-state index contributed by atoms with van der Waals surface area (Å²) in [6, 6.07) is 12.2. The number of nitrogens with one attached hydrogen (secondary N) is 2. The molecule has 0 aliphatic heterocycles. The Labute approximate surface area is 161 Å². The molecule has 0 unspecified atom stereocenters. The second kappa shape index (κ2) is 7.49. The van der Waals surface area contributed by atoms with Crippen molar-refractivity contribution in [1.82, 2.24) is 9.71 Å². The molecule has 1 aliphatic carbocycles. The summed E-state index contributed by atoms with van der Waals surface area (Å²) in [7, 11) is -3.33. The molecule has 5 nitrogen and oxygen atoms in total. The lowest BCUT2D eigenvalue weighted by molar-refractivity contribution is 0.367. The first-order chi connectivity index (χ1) is 12.7. The van der Waals surface area contributed by atoms with Gasteiger partial charge < -0.3 is 4.98 Å². The smallest absolute Gasteiger partial charge is 0.216 e. The van der Waals surface area contributed by atoms with Crippen LogP contribution in [0.3, 0.4) is 0 Å². The van der Waals surface area contributed by atoms with Crippen LogP contribution in [0.4, 0.5) is 0 Å². The number of hydrogen-bond donors (Lipinski definition) is 2. The molecule has 1 saturated carbocycles. The molecule has 27 heavy (non-hydrogen) atoms. The van der Waals surface area contributed by atoms with Gasteiger partial charge in [-0.2, -0.15) is 5.26 Å². The van der Waals surface area contributed by atoms with Crippen LogP contribution in [0.2, 0.25) is 0 Å². The summed E-state index contributed by atoms with van der Waals surface area (Å²) in [4.78, 5) is 3.32. The third-order valence-corrected chi connectivity index (χ3v) is 7.63. The van der Waals surface area contributed by atoms with Crippen LogP contribution >= 0.6 is 0 Å². The van der Waals surface area contributed by atoms with Gasteiger partial charge in [0.25, 0.3) is 0 Å². The largest absolute Gasteiger partial charge is 0.363 e. The maximum Gasteiger partial charge on any atom is 0.216 e. The molecule has 0 bridgehead atoms. The van der Waals surface area contributed by atoms with E-state index >= 15 is 0 Å². The molecule has 144 valence electrons. The summed E-state index contributed by atoms with van der Waals surface area (Å²) in [5, 5.41) is 9.71. The van der Waals surface area contributed by atoms with Gasteiger partial charge in [-0.3, -0.25) is 0 Å². The second-order valence-electron chi connectivity index (χ2n) is 8.25. The molecule has 6 heteroatoms. The quantitative estimate of drug-likeness (QED) is 0.823. The van der Waals surface area contributed by atoms with E-state index in [1.165, 1.54) is 0 Å². The molecule has 0 atom stereocenters. The van der Waals surface area contributed by atoms with Gasteiger partial charge in [0.2, 0.25) is 10.0 Å². The van der Waals surface area contributed by atoms with Crippen LogP contribution in [-0.2, 0) is 10.0 Å². The van der Waals surface area contributed by atoms with Gasteiger partial charge in [0, 0.05) is 29.4 Å². The van der Waals surface area contributed by atoms with Crippen LogP contribution in [0.5, 0.6) is 0 Å². The Morgan fingerprint density at radius 1 is 1.11 bits per heavy atom. The van der Waals surface area contributed by atoms with Crippen molar-refractivity contribution in [2.24, 2.45) is 0 Å². The van der Waals surface area contributed by atoms with E-state index in [1.807, 2.05) is 36.5 Å². The summed E-state index contributed by atoms with van der Waals surface area (Å²) in [5.74, 6) is 0.257. The molecule has 1 aromatic carbocycles. The Morgan fingerprint density at radius 2 is 1.74 bits per heavy atom. The van der Waals surface area contributed by atoms with Gasteiger partial charge in [-0.25, -0.2) is 13.1 Å². The van der Waals surface area contributed by atoms with Crippen molar-refractivity contribution in [3.8, 4) is 17.2 Å². The fraction of sp³-hybridized carbons (Fsp3) is 0.476. The molecule has 0 saturated heterocycles. The minimum absolute atomic E-state index is 0.0282. The van der Waals surface area contributed by atoms with E-state index in [-0.39, 0.29) is 12.0 Å². The van der Waals surface area contributed by atoms with Crippen molar-refractivity contribution >= 4 is 10.0 Å². The zero-order chi connectivity index (χ0) is 19.7. The fourth-order valence-corrected chi connectivity index (χ4v) is 4.65. The molecule has 1 fully saturated rings. The molecular weight excluding hydrogens is 358 g/mol. The monoisotopic (exact) mass is 385 g/mol. The maximum absolute atomic E-state index is 12.4. The first kappa shape index (κ1) is 19.7. The molecular formula is C21H27N3O2S. The molecule has 2 aromatic rings. The third-order valence-electron chi connectivity index (χ3n) is 5.37. The van der Waals surface area contributed by atoms with Crippen LogP contribution in [0.1, 0.15) is 63.6 Å². The highest BCUT2D eigenvalue weighted by Crippen LogP contribution is 2.37. The molecule has 1 heterocycles. The topological polar surface area (TPSA) is 85.8 Å². The zero-order valence-electron chi connectivity index (χ0n) is 16.1. The lowest BCUT2D eigenvalue weighted by Crippen LogP contribution is -2.45. The molecule has 2 N–H and O–H groups in total. The molecule has 0 spiro atoms. The molecule has 0 radical (unpaired) electrons. The van der Waals surface area contributed by atoms with Crippen molar-refractivity contribution in [3.63, 3.8) is 0 Å². The Hall–Kier alpha value is -2.10. The van der Waals surface area contributed by atoms with Crippen LogP contribution in [0, 0.1) is 11.3 Å². The molecule has 0 amide bonds. The summed E-state index contributed by atoms with van der Waals surface area (Å²) >= 11 is 0. The van der Waals surface area contributed by atoms with Gasteiger partial charge >= 0.3 is 0 Å². The first-order valence-corrected chi connectivity index (χ1v) is 10.9. The van der Waals surface area contributed by atoms with E-state index in [9.17, 15) is 13.7 Å². The van der Waals surface area contributed by atoms with Crippen molar-refractivity contribution in [2.75, 3.05) is 0 Å². The van der Waals surface area contributed by atoms with E-state index in [0.29, 0.717) is 5.56 Å². The lowest BCUT2D eigenvalue weighted by Gasteiger charge is -2.31. The highest BCUT2D eigenvalue weighted by Gasteiger charge is 2.33. The van der Waals surface area contributed by atoms with Gasteiger partial charge in [-0.05, 0) is 52.0 Å². The summed E-state index contributed by atoms with van der Waals surface area (Å²) in [6.45, 7) is 5.14. The highest BCUT2D eigenvalue weighted by atomic mass is 32.2. The number of nitrogens with zero attached hydrogens (tertiary/aromatic N) is 1. The van der Waals surface area contributed by atoms with Crippen molar-refractivity contribution in [2.45, 2.75) is 63.2 Å². The van der Waals surface area contributed by atoms with Gasteiger partial charge in [-0.15, -0.1) is 0 Å². The van der Waals surface area contributed by atoms with E-state index in [1.54, 1.807) is 20.8 Å². The average Bonchev–Trinajstić information content (AvgIpc) is 3.06. The van der Waals surface area contributed by atoms with Gasteiger partial charge in [0.05, 0.1) is 10.3 Å². The van der Waals surface area contributed by atoms with Gasteiger partial charge in [0.15, 0.2) is 0 Å². The van der Waals surface area contributed by atoms with Crippen LogP contribution in [-0.4, -0.2) is 24.2 Å². The number of nitriles is 1. The van der Waals surface area contributed by atoms with E-state index < -0.39 is 14.8 Å². The van der Waals surface area contributed by atoms with Crippen molar-refractivity contribution in [3.05, 3.63) is 47.8 Å². The van der Waals surface area contributed by atoms with Crippen LogP contribution in [0.15, 0.2) is 36.5 Å². The number of aromatic amines is 1. The molecule has 1 aromatic heterocycles. The molecule has 1 aliphatic rings. The highest BCUT2D eigenvalue weighted by molar-refractivity contribution is 7.90. The minimum Gasteiger partial charge on any atom is -0.363 e. The predicted molar refractivity (Wildman–Crippen MR) is 108 cm³/mol. The normalized spacial score (nSPS) is 21.0. The number of H-pyrrole nitrogens is 1.